The molecule has 1 saturated carbocycles. The average Bonchev–Trinajstić information content (AvgIpc) is 2.25. The number of rotatable bonds is 1. The quantitative estimate of drug-likeness (QED) is 0.327. The summed E-state index contributed by atoms with van der Waals surface area (Å²) in [6, 6.07) is -0.793. The van der Waals surface area contributed by atoms with E-state index in [1.165, 1.54) is 0 Å². The van der Waals surface area contributed by atoms with Gasteiger partial charge in [0.1, 0.15) is 6.42 Å². The van der Waals surface area contributed by atoms with Gasteiger partial charge in [-0.3, -0.25) is 14.9 Å². The number of nitrogens with zero attached hydrogens (tertiary/aromatic N) is 1. The van der Waals surface area contributed by atoms with E-state index in [0.29, 0.717) is 12.8 Å². The Kier molecular flexibility index (Phi) is 1.37. The van der Waals surface area contributed by atoms with E-state index >= 15 is 0 Å². The zero-order valence-corrected chi connectivity index (χ0v) is 6.49. The van der Waals surface area contributed by atoms with Gasteiger partial charge in [-0.25, -0.2) is 0 Å². The number of hydrogen-bond acceptors (Lipinski definition) is 4. The van der Waals surface area contributed by atoms with Crippen molar-refractivity contribution in [1.29, 1.82) is 0 Å². The van der Waals surface area contributed by atoms with E-state index in [2.05, 4.69) is 0 Å². The molecule has 2 fully saturated rings. The fraction of sp³-hybridized carbons (Fsp3) is 0.857. The van der Waals surface area contributed by atoms with Crippen LogP contribution >= 0.6 is 0 Å². The second kappa shape index (κ2) is 2.18. The summed E-state index contributed by atoms with van der Waals surface area (Å²) >= 11 is 0. The second-order valence-electron chi connectivity index (χ2n) is 3.40. The van der Waals surface area contributed by atoms with E-state index in [1.54, 1.807) is 0 Å². The summed E-state index contributed by atoms with van der Waals surface area (Å²) in [5.41, 5.74) is -0.722. The average molecular weight is 171 g/mol. The smallest absolute Gasteiger partial charge is 0.313 e. The van der Waals surface area contributed by atoms with Gasteiger partial charge in [-0.15, -0.1) is 0 Å². The van der Waals surface area contributed by atoms with E-state index in [1.807, 2.05) is 0 Å². The van der Waals surface area contributed by atoms with Gasteiger partial charge >= 0.3 is 5.97 Å². The fourth-order valence-corrected chi connectivity index (χ4v) is 1.91. The Morgan fingerprint density at radius 1 is 1.58 bits per heavy atom. The first-order valence-corrected chi connectivity index (χ1v) is 3.99. The van der Waals surface area contributed by atoms with Crippen molar-refractivity contribution in [2.75, 3.05) is 0 Å². The summed E-state index contributed by atoms with van der Waals surface area (Å²) < 4.78 is 4.98. The molecule has 0 bridgehead atoms. The van der Waals surface area contributed by atoms with Crippen molar-refractivity contribution in [2.24, 2.45) is 0 Å². The summed E-state index contributed by atoms with van der Waals surface area (Å²) in [5, 5.41) is 10.5. The minimum absolute atomic E-state index is 0.0486. The molecule has 2 rings (SSSR count). The Morgan fingerprint density at radius 2 is 2.25 bits per heavy atom. The van der Waals surface area contributed by atoms with Crippen LogP contribution in [0.5, 0.6) is 0 Å². The lowest BCUT2D eigenvalue weighted by molar-refractivity contribution is -0.541. The molecule has 0 aromatic heterocycles. The summed E-state index contributed by atoms with van der Waals surface area (Å²) in [5.74, 6) is -0.420. The van der Waals surface area contributed by atoms with Crippen LogP contribution in [-0.2, 0) is 9.53 Å². The molecule has 0 aromatic carbocycles. The van der Waals surface area contributed by atoms with Gasteiger partial charge in [-0.2, -0.15) is 0 Å². The zero-order chi connectivity index (χ0) is 8.77. The lowest BCUT2D eigenvalue weighted by Crippen LogP contribution is -2.49. The van der Waals surface area contributed by atoms with E-state index in [0.717, 1.165) is 6.42 Å². The van der Waals surface area contributed by atoms with Gasteiger partial charge in [0.25, 0.3) is 6.04 Å². The highest BCUT2D eigenvalue weighted by Gasteiger charge is 2.60. The SMILES string of the molecule is O=C1CC([N+](=O)[O-])C2(CCC2)O1. The van der Waals surface area contributed by atoms with E-state index in [-0.39, 0.29) is 11.3 Å². The van der Waals surface area contributed by atoms with Gasteiger partial charge < -0.3 is 4.74 Å². The molecule has 0 N–H and O–H groups in total. The highest BCUT2D eigenvalue weighted by Crippen LogP contribution is 2.44. The number of esters is 1. The lowest BCUT2D eigenvalue weighted by atomic mass is 9.75. The fourth-order valence-electron chi connectivity index (χ4n) is 1.91. The first-order chi connectivity index (χ1) is 5.64. The van der Waals surface area contributed by atoms with Crippen LogP contribution in [0.3, 0.4) is 0 Å². The maximum Gasteiger partial charge on any atom is 0.313 e. The van der Waals surface area contributed by atoms with Crippen molar-refractivity contribution in [3.63, 3.8) is 0 Å². The Labute approximate surface area is 68.8 Å². The Balaban J connectivity index is 2.21. The van der Waals surface area contributed by atoms with Crippen LogP contribution in [0, 0.1) is 10.1 Å². The Morgan fingerprint density at radius 3 is 2.58 bits per heavy atom. The molecule has 5 nitrogen and oxygen atoms in total. The summed E-state index contributed by atoms with van der Waals surface area (Å²) in [6.07, 6.45) is 2.19. The molecular weight excluding hydrogens is 162 g/mol. The van der Waals surface area contributed by atoms with Crippen molar-refractivity contribution in [2.45, 2.75) is 37.3 Å². The number of nitro groups is 1. The van der Waals surface area contributed by atoms with Crippen LogP contribution in [0.1, 0.15) is 25.7 Å². The second-order valence-corrected chi connectivity index (χ2v) is 3.40. The first-order valence-electron chi connectivity index (χ1n) is 3.99. The van der Waals surface area contributed by atoms with Crippen LogP contribution in [0.15, 0.2) is 0 Å². The molecule has 0 aromatic rings. The van der Waals surface area contributed by atoms with Gasteiger partial charge in [0.05, 0.1) is 0 Å². The highest BCUT2D eigenvalue weighted by atomic mass is 16.6. The number of hydrogen-bond donors (Lipinski definition) is 0. The molecule has 2 aliphatic rings. The van der Waals surface area contributed by atoms with Crippen molar-refractivity contribution < 1.29 is 14.5 Å². The van der Waals surface area contributed by atoms with Crippen molar-refractivity contribution in [1.82, 2.24) is 0 Å². The minimum Gasteiger partial charge on any atom is -0.451 e. The van der Waals surface area contributed by atoms with E-state index < -0.39 is 17.6 Å². The van der Waals surface area contributed by atoms with Gasteiger partial charge in [0, 0.05) is 4.92 Å². The standard InChI is InChI=1S/C7H9NO4/c9-6-4-5(8(10)11)7(12-6)2-1-3-7/h5H,1-4H2. The zero-order valence-electron chi connectivity index (χ0n) is 6.49. The molecule has 5 heteroatoms. The highest BCUT2D eigenvalue weighted by molar-refractivity contribution is 5.73. The molecule has 1 unspecified atom stereocenters. The van der Waals surface area contributed by atoms with Gasteiger partial charge in [-0.05, 0) is 19.3 Å². The lowest BCUT2D eigenvalue weighted by Gasteiger charge is -2.36. The number of carbonyl (C=O) groups is 1. The Bertz CT molecular complexity index is 246. The van der Waals surface area contributed by atoms with Crippen molar-refractivity contribution >= 4 is 5.97 Å². The van der Waals surface area contributed by atoms with Crippen LogP contribution in [0.25, 0.3) is 0 Å². The molecule has 1 aliphatic heterocycles. The summed E-state index contributed by atoms with van der Waals surface area (Å²) in [7, 11) is 0. The van der Waals surface area contributed by atoms with Crippen LogP contribution in [0.2, 0.25) is 0 Å². The predicted molar refractivity (Wildman–Crippen MR) is 38.1 cm³/mol. The third-order valence-corrected chi connectivity index (χ3v) is 2.74. The molecule has 1 saturated heterocycles. The third kappa shape index (κ3) is 0.821. The largest absolute Gasteiger partial charge is 0.451 e. The molecule has 12 heavy (non-hydrogen) atoms. The van der Waals surface area contributed by atoms with Crippen molar-refractivity contribution in [3.8, 4) is 0 Å². The Hall–Kier alpha value is -1.13. The van der Waals surface area contributed by atoms with E-state index in [9.17, 15) is 14.9 Å². The molecule has 1 heterocycles. The molecule has 66 valence electrons. The summed E-state index contributed by atoms with van der Waals surface area (Å²) in [6.45, 7) is 0. The first kappa shape index (κ1) is 7.52. The summed E-state index contributed by atoms with van der Waals surface area (Å²) in [4.78, 5) is 21.0. The third-order valence-electron chi connectivity index (χ3n) is 2.74. The molecular formula is C7H9NO4. The van der Waals surface area contributed by atoms with Crippen LogP contribution in [-0.4, -0.2) is 22.5 Å². The maximum atomic E-state index is 10.8. The number of ether oxygens (including phenoxy) is 1. The molecule has 1 atom stereocenters. The normalized spacial score (nSPS) is 31.3. The van der Waals surface area contributed by atoms with Gasteiger partial charge in [-0.1, -0.05) is 0 Å². The minimum atomic E-state index is -0.793. The molecule has 1 spiro atoms. The van der Waals surface area contributed by atoms with Gasteiger partial charge in [0.15, 0.2) is 5.60 Å². The topological polar surface area (TPSA) is 69.4 Å². The number of carbonyl (C=O) groups excluding carboxylic acids is 1. The monoisotopic (exact) mass is 171 g/mol. The molecule has 0 amide bonds. The maximum absolute atomic E-state index is 10.8. The van der Waals surface area contributed by atoms with Crippen LogP contribution in [0.4, 0.5) is 0 Å². The predicted octanol–water partition coefficient (Wildman–Crippen LogP) is 0.501. The molecule has 1 aliphatic carbocycles. The molecule has 0 radical (unpaired) electrons. The van der Waals surface area contributed by atoms with E-state index in [4.69, 9.17) is 4.74 Å². The van der Waals surface area contributed by atoms with Crippen LogP contribution < -0.4 is 0 Å². The van der Waals surface area contributed by atoms with Gasteiger partial charge in [0.2, 0.25) is 0 Å². The van der Waals surface area contributed by atoms with Crippen molar-refractivity contribution in [3.05, 3.63) is 10.1 Å².